The minimum atomic E-state index is -1.99. The maximum Gasteiger partial charge on any atom is 0.403 e. The first-order chi connectivity index (χ1) is 5.06. The number of hydrogen-bond donors (Lipinski definition) is 1. The maximum absolute atomic E-state index is 5.65. The third-order valence-corrected chi connectivity index (χ3v) is 11.8. The van der Waals surface area contributed by atoms with Crippen molar-refractivity contribution in [1.82, 2.24) is 4.98 Å². The standard InChI is InChI=1S/C4H15NO3Si3/c1-5-11(4)7-9(2)6-10(3)8-11/h5,9-10H,1-4H3. The number of hydrogen-bond acceptors (Lipinski definition) is 4. The molecule has 66 valence electrons. The van der Waals surface area contributed by atoms with Gasteiger partial charge in [0.1, 0.15) is 0 Å². The Balaban J connectivity index is 2.55. The monoisotopic (exact) mass is 209 g/mol. The highest BCUT2D eigenvalue weighted by molar-refractivity contribution is 6.80. The van der Waals surface area contributed by atoms with Crippen LogP contribution in [0.2, 0.25) is 19.6 Å². The SMILES string of the molecule is CN[Si]1(C)O[SiH](C)O[SiH](C)O1. The molecule has 2 atom stereocenters. The van der Waals surface area contributed by atoms with Gasteiger partial charge < -0.3 is 12.3 Å². The van der Waals surface area contributed by atoms with E-state index in [-0.39, 0.29) is 0 Å². The van der Waals surface area contributed by atoms with E-state index in [1.165, 1.54) is 0 Å². The molecule has 0 saturated carbocycles. The van der Waals surface area contributed by atoms with E-state index in [1.54, 1.807) is 0 Å². The second kappa shape index (κ2) is 3.47. The van der Waals surface area contributed by atoms with Gasteiger partial charge in [0.05, 0.1) is 0 Å². The molecule has 2 unspecified atom stereocenters. The first-order valence-corrected chi connectivity index (χ1v) is 10.3. The average Bonchev–Trinajstić information content (AvgIpc) is 1.84. The van der Waals surface area contributed by atoms with Crippen molar-refractivity contribution in [2.45, 2.75) is 19.6 Å². The van der Waals surface area contributed by atoms with Gasteiger partial charge in [-0.25, -0.2) is 0 Å². The predicted octanol–water partition coefficient (Wildman–Crippen LogP) is -0.462. The fraction of sp³-hybridized carbons (Fsp3) is 1.00. The van der Waals surface area contributed by atoms with Gasteiger partial charge in [-0.3, -0.25) is 4.98 Å². The maximum atomic E-state index is 5.65. The highest BCUT2D eigenvalue weighted by Crippen LogP contribution is 2.14. The lowest BCUT2D eigenvalue weighted by molar-refractivity contribution is 0.260. The molecular weight excluding hydrogens is 194 g/mol. The van der Waals surface area contributed by atoms with Gasteiger partial charge in [0.15, 0.2) is 0 Å². The molecule has 1 rings (SSSR count). The summed E-state index contributed by atoms with van der Waals surface area (Å²) in [6.45, 7) is 6.13. The van der Waals surface area contributed by atoms with Crippen molar-refractivity contribution in [1.29, 1.82) is 0 Å². The van der Waals surface area contributed by atoms with Gasteiger partial charge in [0, 0.05) is 0 Å². The Morgan fingerprint density at radius 1 is 1.18 bits per heavy atom. The Bertz CT molecular complexity index is 137. The Morgan fingerprint density at radius 2 is 1.64 bits per heavy atom. The predicted molar refractivity (Wildman–Crippen MR) is 50.0 cm³/mol. The first kappa shape index (κ1) is 9.58. The van der Waals surface area contributed by atoms with Crippen molar-refractivity contribution in [3.05, 3.63) is 0 Å². The quantitative estimate of drug-likeness (QED) is 0.593. The van der Waals surface area contributed by atoms with Crippen LogP contribution in [0.15, 0.2) is 0 Å². The van der Waals surface area contributed by atoms with Crippen molar-refractivity contribution in [3.63, 3.8) is 0 Å². The molecule has 0 aromatic carbocycles. The van der Waals surface area contributed by atoms with Crippen LogP contribution in [0.3, 0.4) is 0 Å². The molecule has 0 aromatic rings. The topological polar surface area (TPSA) is 39.7 Å². The van der Waals surface area contributed by atoms with Crippen molar-refractivity contribution in [2.24, 2.45) is 0 Å². The molecule has 0 aliphatic carbocycles. The van der Waals surface area contributed by atoms with E-state index in [0.29, 0.717) is 0 Å². The zero-order valence-electron chi connectivity index (χ0n) is 7.38. The van der Waals surface area contributed by atoms with E-state index in [0.717, 1.165) is 0 Å². The van der Waals surface area contributed by atoms with Gasteiger partial charge in [-0.05, 0) is 26.7 Å². The summed E-state index contributed by atoms with van der Waals surface area (Å²) < 4.78 is 16.8. The summed E-state index contributed by atoms with van der Waals surface area (Å²) in [4.78, 5) is 3.12. The molecule has 0 amide bonds. The Labute approximate surface area is 71.9 Å². The van der Waals surface area contributed by atoms with Crippen LogP contribution in [0.4, 0.5) is 0 Å². The largest absolute Gasteiger partial charge is 0.420 e. The van der Waals surface area contributed by atoms with E-state index in [2.05, 4.69) is 18.1 Å². The van der Waals surface area contributed by atoms with E-state index in [1.807, 2.05) is 13.6 Å². The molecule has 7 heteroatoms. The molecule has 0 radical (unpaired) electrons. The summed E-state index contributed by atoms with van der Waals surface area (Å²) >= 11 is 0. The van der Waals surface area contributed by atoms with Crippen molar-refractivity contribution in [2.75, 3.05) is 7.05 Å². The Hall–Kier alpha value is 0.491. The van der Waals surface area contributed by atoms with Gasteiger partial charge in [-0.2, -0.15) is 0 Å². The first-order valence-electron chi connectivity index (χ1n) is 3.76. The summed E-state index contributed by atoms with van der Waals surface area (Å²) in [6.07, 6.45) is 0. The van der Waals surface area contributed by atoms with Crippen LogP contribution in [-0.2, 0) is 12.3 Å². The van der Waals surface area contributed by atoms with Gasteiger partial charge in [-0.1, -0.05) is 0 Å². The molecule has 1 aliphatic heterocycles. The lowest BCUT2D eigenvalue weighted by Crippen LogP contribution is -2.62. The molecule has 0 aromatic heterocycles. The van der Waals surface area contributed by atoms with Gasteiger partial charge in [0.2, 0.25) is 0 Å². The molecule has 1 aliphatic rings. The molecule has 1 saturated heterocycles. The lowest BCUT2D eigenvalue weighted by atomic mass is 11.6. The van der Waals surface area contributed by atoms with Gasteiger partial charge in [-0.15, -0.1) is 0 Å². The van der Waals surface area contributed by atoms with Crippen molar-refractivity contribution < 1.29 is 12.3 Å². The summed E-state index contributed by atoms with van der Waals surface area (Å²) in [5.74, 6) is 0. The molecule has 11 heavy (non-hydrogen) atoms. The van der Waals surface area contributed by atoms with Crippen molar-refractivity contribution in [3.8, 4) is 0 Å². The average molecular weight is 209 g/mol. The number of rotatable bonds is 1. The molecular formula is C4H15NO3Si3. The molecule has 0 bridgehead atoms. The highest BCUT2D eigenvalue weighted by atomic mass is 28.5. The smallest absolute Gasteiger partial charge is 0.403 e. The third-order valence-electron chi connectivity index (χ3n) is 1.62. The summed E-state index contributed by atoms with van der Waals surface area (Å²) in [7, 11) is -2.82. The molecule has 1 N–H and O–H groups in total. The van der Waals surface area contributed by atoms with E-state index in [4.69, 9.17) is 12.3 Å². The van der Waals surface area contributed by atoms with Crippen LogP contribution in [0, 0.1) is 0 Å². The number of nitrogens with one attached hydrogen (secondary N) is 1. The van der Waals surface area contributed by atoms with Crippen LogP contribution < -0.4 is 4.98 Å². The van der Waals surface area contributed by atoms with Crippen LogP contribution in [0.25, 0.3) is 0 Å². The normalized spacial score (nSPS) is 45.8. The fourth-order valence-corrected chi connectivity index (χ4v) is 11.4. The summed E-state index contributed by atoms with van der Waals surface area (Å²) in [5, 5.41) is 0. The zero-order chi connectivity index (χ0) is 8.48. The molecule has 0 spiro atoms. The van der Waals surface area contributed by atoms with Crippen LogP contribution in [-0.4, -0.2) is 34.3 Å². The van der Waals surface area contributed by atoms with Crippen LogP contribution >= 0.6 is 0 Å². The van der Waals surface area contributed by atoms with Gasteiger partial charge in [0.25, 0.3) is 0 Å². The van der Waals surface area contributed by atoms with Gasteiger partial charge >= 0.3 is 27.3 Å². The minimum Gasteiger partial charge on any atom is -0.420 e. The Morgan fingerprint density at radius 3 is 2.00 bits per heavy atom. The Kier molecular flexibility index (Phi) is 3.03. The molecule has 1 fully saturated rings. The van der Waals surface area contributed by atoms with E-state index < -0.39 is 27.3 Å². The second-order valence-electron chi connectivity index (χ2n) is 2.70. The molecule has 1 heterocycles. The molecule has 4 nitrogen and oxygen atoms in total. The summed E-state index contributed by atoms with van der Waals surface area (Å²) in [5.41, 5.74) is 0. The zero-order valence-corrected chi connectivity index (χ0v) is 10.7. The van der Waals surface area contributed by atoms with E-state index in [9.17, 15) is 0 Å². The van der Waals surface area contributed by atoms with Crippen LogP contribution in [0.5, 0.6) is 0 Å². The summed E-state index contributed by atoms with van der Waals surface area (Å²) in [6, 6.07) is 0. The van der Waals surface area contributed by atoms with E-state index >= 15 is 0 Å². The van der Waals surface area contributed by atoms with Crippen LogP contribution in [0.1, 0.15) is 0 Å². The second-order valence-corrected chi connectivity index (χ2v) is 10.3. The fourth-order valence-electron chi connectivity index (χ4n) is 1.10. The minimum absolute atomic E-state index is 1.36. The van der Waals surface area contributed by atoms with Crippen molar-refractivity contribution >= 4 is 27.3 Å². The third kappa shape index (κ3) is 2.47. The highest BCUT2D eigenvalue weighted by Gasteiger charge is 2.40. The lowest BCUT2D eigenvalue weighted by Gasteiger charge is -2.37.